The number of carbonyl (C=O) groups is 3. The van der Waals surface area contributed by atoms with Gasteiger partial charge in [-0.2, -0.15) is 0 Å². The topological polar surface area (TPSA) is 162 Å². The van der Waals surface area contributed by atoms with Crippen molar-refractivity contribution in [1.82, 2.24) is 5.32 Å². The van der Waals surface area contributed by atoms with Crippen LogP contribution in [-0.2, 0) is 28.6 Å². The van der Waals surface area contributed by atoms with Gasteiger partial charge in [-0.1, -0.05) is 179 Å². The van der Waals surface area contributed by atoms with Crippen LogP contribution in [0.1, 0.15) is 264 Å². The van der Waals surface area contributed by atoms with Crippen molar-refractivity contribution in [1.29, 1.82) is 0 Å². The molecule has 0 amide bonds. The first-order valence-electron chi connectivity index (χ1n) is 28.5. The minimum atomic E-state index is -0.837. The van der Waals surface area contributed by atoms with E-state index in [2.05, 4.69) is 55.6 Å². The van der Waals surface area contributed by atoms with Gasteiger partial charge in [0.05, 0.1) is 18.3 Å². The van der Waals surface area contributed by atoms with Crippen LogP contribution in [0.25, 0.3) is 0 Å². The van der Waals surface area contributed by atoms with Gasteiger partial charge in [-0.25, -0.2) is 0 Å². The standard InChI is InChI=1S/C58H105NO9/c1-3-5-7-29-39-52(60)41-31-21-15-9-12-18-24-35-45-56(63)66-49-55(50-67-57(64)46-36-25-19-13-10-16-22-32-42-53(61)40-30-8-6-4-2)68-58(65)47-37-26-20-14-11-17-23-33-43-54(62)44-34-27-28-38-51-48-59-51/h21-23,31-33,51-55,59-62H,3-20,24-30,34-50H2,1-2H3/b31-21-,32-22+,33-23+. The number of ether oxygens (including phenoxy) is 3. The van der Waals surface area contributed by atoms with Crippen molar-refractivity contribution in [2.24, 2.45) is 0 Å². The number of aliphatic hydroxyl groups excluding tert-OH is 3. The monoisotopic (exact) mass is 960 g/mol. The summed E-state index contributed by atoms with van der Waals surface area (Å²) in [5, 5.41) is 33.8. The second kappa shape index (κ2) is 48.1. The Balaban J connectivity index is 2.31. The van der Waals surface area contributed by atoms with Gasteiger partial charge in [-0.3, -0.25) is 14.4 Å². The van der Waals surface area contributed by atoms with E-state index in [1.54, 1.807) is 0 Å². The predicted octanol–water partition coefficient (Wildman–Crippen LogP) is 14.0. The number of hydrogen-bond donors (Lipinski definition) is 4. The van der Waals surface area contributed by atoms with Crippen molar-refractivity contribution < 1.29 is 43.9 Å². The molecule has 1 fully saturated rings. The van der Waals surface area contributed by atoms with E-state index in [9.17, 15) is 29.7 Å². The van der Waals surface area contributed by atoms with Crippen LogP contribution in [0.4, 0.5) is 0 Å². The molecule has 1 aliphatic rings. The van der Waals surface area contributed by atoms with Gasteiger partial charge in [-0.15, -0.1) is 0 Å². The summed E-state index contributed by atoms with van der Waals surface area (Å²) in [5.41, 5.74) is 0. The van der Waals surface area contributed by atoms with Crippen LogP contribution in [-0.4, -0.2) is 83.4 Å². The van der Waals surface area contributed by atoms with Gasteiger partial charge in [0, 0.05) is 31.8 Å². The Morgan fingerprint density at radius 3 is 1.18 bits per heavy atom. The molecule has 1 heterocycles. The summed E-state index contributed by atoms with van der Waals surface area (Å²) in [6, 6.07) is 0.752. The molecular weight excluding hydrogens is 855 g/mol. The van der Waals surface area contributed by atoms with Crippen molar-refractivity contribution in [2.75, 3.05) is 19.8 Å². The smallest absolute Gasteiger partial charge is 0.306 e. The minimum absolute atomic E-state index is 0.132. The van der Waals surface area contributed by atoms with Crippen molar-refractivity contribution in [3.8, 4) is 0 Å². The van der Waals surface area contributed by atoms with Crippen molar-refractivity contribution in [3.63, 3.8) is 0 Å². The molecule has 0 aliphatic carbocycles. The predicted molar refractivity (Wildman–Crippen MR) is 280 cm³/mol. The third kappa shape index (κ3) is 45.9. The maximum atomic E-state index is 12.9. The Morgan fingerprint density at radius 1 is 0.456 bits per heavy atom. The van der Waals surface area contributed by atoms with E-state index in [0.717, 1.165) is 173 Å². The van der Waals surface area contributed by atoms with Gasteiger partial charge in [0.25, 0.3) is 0 Å². The van der Waals surface area contributed by atoms with Gasteiger partial charge >= 0.3 is 17.9 Å². The van der Waals surface area contributed by atoms with Crippen LogP contribution in [0, 0.1) is 0 Å². The molecule has 0 aromatic carbocycles. The van der Waals surface area contributed by atoms with E-state index in [1.165, 1.54) is 64.3 Å². The number of hydrogen-bond acceptors (Lipinski definition) is 10. The molecule has 68 heavy (non-hydrogen) atoms. The van der Waals surface area contributed by atoms with E-state index < -0.39 is 6.10 Å². The molecule has 1 saturated heterocycles. The fraction of sp³-hybridized carbons (Fsp3) is 0.845. The molecule has 1 aliphatic heterocycles. The molecule has 0 saturated carbocycles. The number of nitrogens with one attached hydrogen (secondary N) is 1. The van der Waals surface area contributed by atoms with Gasteiger partial charge in [0.1, 0.15) is 13.2 Å². The number of aliphatic hydroxyl groups is 3. The Bertz CT molecular complexity index is 1190. The lowest BCUT2D eigenvalue weighted by Crippen LogP contribution is -2.30. The third-order valence-corrected chi connectivity index (χ3v) is 13.0. The summed E-state index contributed by atoms with van der Waals surface area (Å²) in [7, 11) is 0. The Labute approximate surface area is 416 Å². The number of esters is 3. The fourth-order valence-corrected chi connectivity index (χ4v) is 8.38. The minimum Gasteiger partial charge on any atom is -0.462 e. The SMILES string of the molecule is CCCCCCC(O)C/C=C\CCCCCCCC(=O)OCC(COC(=O)CCCCCCC/C=C/CC(O)CCCCCC)OC(=O)CCCCCCC/C=C/CC(O)CCCCCC1CN1. The molecule has 5 unspecified atom stereocenters. The van der Waals surface area contributed by atoms with Crippen molar-refractivity contribution >= 4 is 17.9 Å². The molecule has 5 atom stereocenters. The number of unbranched alkanes of at least 4 members (excludes halogenated alkanes) is 23. The molecule has 0 aromatic rings. The molecule has 0 bridgehead atoms. The lowest BCUT2D eigenvalue weighted by molar-refractivity contribution is -0.167. The van der Waals surface area contributed by atoms with Crippen molar-refractivity contribution in [3.05, 3.63) is 36.5 Å². The van der Waals surface area contributed by atoms with Crippen LogP contribution in [0.5, 0.6) is 0 Å². The summed E-state index contributed by atoms with van der Waals surface area (Å²) in [4.78, 5) is 38.1. The summed E-state index contributed by atoms with van der Waals surface area (Å²) in [6.45, 7) is 5.31. The highest BCUT2D eigenvalue weighted by atomic mass is 16.6. The largest absolute Gasteiger partial charge is 0.462 e. The summed E-state index contributed by atoms with van der Waals surface area (Å²) >= 11 is 0. The fourth-order valence-electron chi connectivity index (χ4n) is 8.38. The highest BCUT2D eigenvalue weighted by Gasteiger charge is 2.20. The van der Waals surface area contributed by atoms with Crippen LogP contribution < -0.4 is 5.32 Å². The number of allylic oxidation sites excluding steroid dienone is 3. The Morgan fingerprint density at radius 2 is 0.794 bits per heavy atom. The first-order valence-corrected chi connectivity index (χ1v) is 28.5. The molecular formula is C58H105NO9. The lowest BCUT2D eigenvalue weighted by atomic mass is 10.1. The van der Waals surface area contributed by atoms with E-state index in [4.69, 9.17) is 14.2 Å². The summed E-state index contributed by atoms with van der Waals surface area (Å²) in [6.07, 6.45) is 48.9. The molecule has 1 rings (SSSR count). The van der Waals surface area contributed by atoms with Crippen LogP contribution >= 0.6 is 0 Å². The third-order valence-electron chi connectivity index (χ3n) is 13.0. The van der Waals surface area contributed by atoms with Crippen LogP contribution in [0.15, 0.2) is 36.5 Å². The quantitative estimate of drug-likeness (QED) is 0.0152. The molecule has 10 heteroatoms. The molecule has 0 radical (unpaired) electrons. The second-order valence-corrected chi connectivity index (χ2v) is 19.9. The zero-order chi connectivity index (χ0) is 49.4. The van der Waals surface area contributed by atoms with E-state index in [0.29, 0.717) is 19.3 Å². The first-order chi connectivity index (χ1) is 33.2. The molecule has 10 nitrogen and oxygen atoms in total. The van der Waals surface area contributed by atoms with E-state index >= 15 is 0 Å². The summed E-state index contributed by atoms with van der Waals surface area (Å²) < 4.78 is 16.8. The molecule has 0 spiro atoms. The maximum absolute atomic E-state index is 12.9. The maximum Gasteiger partial charge on any atom is 0.306 e. The average Bonchev–Trinajstić information content (AvgIpc) is 4.16. The van der Waals surface area contributed by atoms with Gasteiger partial charge in [-0.05, 0) is 103 Å². The average molecular weight is 960 g/mol. The zero-order valence-corrected chi connectivity index (χ0v) is 43.8. The first kappa shape index (κ1) is 63.5. The van der Waals surface area contributed by atoms with Gasteiger partial charge in [0.2, 0.25) is 0 Å². The van der Waals surface area contributed by atoms with E-state index in [1.807, 2.05) is 0 Å². The second-order valence-electron chi connectivity index (χ2n) is 19.9. The summed E-state index contributed by atoms with van der Waals surface area (Å²) in [5.74, 6) is -1.04. The van der Waals surface area contributed by atoms with Crippen LogP contribution in [0.2, 0.25) is 0 Å². The van der Waals surface area contributed by atoms with Crippen molar-refractivity contribution in [2.45, 2.75) is 295 Å². The zero-order valence-electron chi connectivity index (χ0n) is 43.8. The number of carbonyl (C=O) groups excluding carboxylic acids is 3. The highest BCUT2D eigenvalue weighted by Crippen LogP contribution is 2.16. The molecule has 396 valence electrons. The highest BCUT2D eigenvalue weighted by molar-refractivity contribution is 5.71. The van der Waals surface area contributed by atoms with Gasteiger partial charge in [0.15, 0.2) is 6.10 Å². The Kier molecular flexibility index (Phi) is 44.9. The molecule has 0 aromatic heterocycles. The van der Waals surface area contributed by atoms with Gasteiger partial charge < -0.3 is 34.8 Å². The Hall–Kier alpha value is -2.53. The molecule has 4 N–H and O–H groups in total. The van der Waals surface area contributed by atoms with Crippen LogP contribution in [0.3, 0.4) is 0 Å². The number of rotatable bonds is 51. The lowest BCUT2D eigenvalue weighted by Gasteiger charge is -2.18. The normalized spacial score (nSPS) is 15.6. The van der Waals surface area contributed by atoms with E-state index in [-0.39, 0.29) is 55.9 Å².